The fourth-order valence-electron chi connectivity index (χ4n) is 1.69. The summed E-state index contributed by atoms with van der Waals surface area (Å²) in [5, 5.41) is 2.61. The molecule has 0 aliphatic heterocycles. The number of hydrogen-bond donors (Lipinski definition) is 1. The molecule has 1 aromatic carbocycles. The van der Waals surface area contributed by atoms with E-state index in [0.29, 0.717) is 24.4 Å². The Bertz CT molecular complexity index is 425. The van der Waals surface area contributed by atoms with Gasteiger partial charge in [0.15, 0.2) is 0 Å². The fraction of sp³-hybridized carbons (Fsp3) is 0.429. The first kappa shape index (κ1) is 15.0. The van der Waals surface area contributed by atoms with Crippen LogP contribution in [0.25, 0.3) is 0 Å². The first-order valence-electron chi connectivity index (χ1n) is 6.32. The lowest BCUT2D eigenvalue weighted by Gasteiger charge is -2.18. The summed E-state index contributed by atoms with van der Waals surface area (Å²) in [7, 11) is 1.57. The van der Waals surface area contributed by atoms with E-state index in [4.69, 9.17) is 4.74 Å². The van der Waals surface area contributed by atoms with Crippen LogP contribution in [-0.2, 0) is 4.79 Å². The molecular weight excluding hydrogens is 244 g/mol. The van der Waals surface area contributed by atoms with Gasteiger partial charge in [0.05, 0.1) is 13.7 Å². The van der Waals surface area contributed by atoms with E-state index in [-0.39, 0.29) is 18.4 Å². The summed E-state index contributed by atoms with van der Waals surface area (Å²) in [6.45, 7) is 5.13. The Morgan fingerprint density at radius 3 is 2.21 bits per heavy atom. The summed E-state index contributed by atoms with van der Waals surface area (Å²) >= 11 is 0. The molecule has 0 bridgehead atoms. The van der Waals surface area contributed by atoms with Crippen LogP contribution >= 0.6 is 0 Å². The van der Waals surface area contributed by atoms with Crippen LogP contribution in [0.1, 0.15) is 24.2 Å². The van der Waals surface area contributed by atoms with Crippen molar-refractivity contribution in [2.45, 2.75) is 13.8 Å². The number of methoxy groups -OCH3 is 1. The van der Waals surface area contributed by atoms with E-state index in [1.807, 2.05) is 13.8 Å². The summed E-state index contributed by atoms with van der Waals surface area (Å²) in [6, 6.07) is 6.74. The molecule has 0 atom stereocenters. The molecule has 0 aliphatic carbocycles. The minimum absolute atomic E-state index is 0.0204. The number of likely N-dealkylation sites (N-methyl/N-ethyl adjacent to an activating group) is 1. The molecule has 104 valence electrons. The Kier molecular flexibility index (Phi) is 5.85. The third-order valence-electron chi connectivity index (χ3n) is 2.87. The summed E-state index contributed by atoms with van der Waals surface area (Å²) < 4.78 is 5.02. The Balaban J connectivity index is 2.52. The normalized spacial score (nSPS) is 9.84. The summed E-state index contributed by atoms with van der Waals surface area (Å²) in [4.78, 5) is 25.2. The maximum absolute atomic E-state index is 11.8. The second-order valence-corrected chi connectivity index (χ2v) is 3.98. The van der Waals surface area contributed by atoms with Crippen molar-refractivity contribution in [3.8, 4) is 5.75 Å². The van der Waals surface area contributed by atoms with Crippen LogP contribution in [0.5, 0.6) is 5.75 Å². The number of ether oxygens (including phenoxy) is 1. The first-order valence-corrected chi connectivity index (χ1v) is 6.32. The van der Waals surface area contributed by atoms with Crippen LogP contribution in [0.4, 0.5) is 0 Å². The number of nitrogens with one attached hydrogen (secondary N) is 1. The van der Waals surface area contributed by atoms with E-state index in [9.17, 15) is 9.59 Å². The molecule has 1 aromatic rings. The Morgan fingerprint density at radius 1 is 1.16 bits per heavy atom. The Hall–Kier alpha value is -2.04. The van der Waals surface area contributed by atoms with Crippen molar-refractivity contribution >= 4 is 11.8 Å². The van der Waals surface area contributed by atoms with E-state index in [0.717, 1.165) is 0 Å². The van der Waals surface area contributed by atoms with Crippen LogP contribution in [0.2, 0.25) is 0 Å². The zero-order valence-corrected chi connectivity index (χ0v) is 11.6. The highest BCUT2D eigenvalue weighted by Gasteiger charge is 2.11. The van der Waals surface area contributed by atoms with E-state index < -0.39 is 0 Å². The van der Waals surface area contributed by atoms with Gasteiger partial charge in [-0.2, -0.15) is 0 Å². The van der Waals surface area contributed by atoms with E-state index in [2.05, 4.69) is 5.32 Å². The average Bonchev–Trinajstić information content (AvgIpc) is 2.46. The zero-order valence-electron chi connectivity index (χ0n) is 11.6. The topological polar surface area (TPSA) is 58.6 Å². The Labute approximate surface area is 113 Å². The second-order valence-electron chi connectivity index (χ2n) is 3.98. The van der Waals surface area contributed by atoms with Crippen LogP contribution in [0.15, 0.2) is 24.3 Å². The number of carbonyl (C=O) groups excluding carboxylic acids is 2. The number of hydrogen-bond acceptors (Lipinski definition) is 3. The van der Waals surface area contributed by atoms with Gasteiger partial charge < -0.3 is 15.0 Å². The van der Waals surface area contributed by atoms with Gasteiger partial charge in [-0.05, 0) is 38.1 Å². The molecule has 1 N–H and O–H groups in total. The van der Waals surface area contributed by atoms with Crippen LogP contribution in [0.3, 0.4) is 0 Å². The lowest BCUT2D eigenvalue weighted by atomic mass is 10.2. The van der Waals surface area contributed by atoms with Crippen LogP contribution in [0, 0.1) is 0 Å². The molecular formula is C14H20N2O3. The summed E-state index contributed by atoms with van der Waals surface area (Å²) in [5.74, 6) is 0.353. The highest BCUT2D eigenvalue weighted by Crippen LogP contribution is 2.10. The van der Waals surface area contributed by atoms with Crippen molar-refractivity contribution < 1.29 is 14.3 Å². The molecule has 0 unspecified atom stereocenters. The van der Waals surface area contributed by atoms with Crippen LogP contribution in [-0.4, -0.2) is 43.5 Å². The molecule has 0 saturated carbocycles. The molecule has 5 nitrogen and oxygen atoms in total. The van der Waals surface area contributed by atoms with E-state index in [1.54, 1.807) is 36.3 Å². The minimum atomic E-state index is -0.261. The first-order chi connectivity index (χ1) is 9.12. The fourth-order valence-corrected chi connectivity index (χ4v) is 1.69. The van der Waals surface area contributed by atoms with Crippen molar-refractivity contribution in [1.82, 2.24) is 10.2 Å². The smallest absolute Gasteiger partial charge is 0.251 e. The number of rotatable bonds is 6. The van der Waals surface area contributed by atoms with Gasteiger partial charge in [0.1, 0.15) is 5.75 Å². The largest absolute Gasteiger partial charge is 0.497 e. The van der Waals surface area contributed by atoms with Gasteiger partial charge in [0, 0.05) is 18.7 Å². The SMILES string of the molecule is CCN(CC)C(=O)CNC(=O)c1ccc(OC)cc1. The molecule has 0 aromatic heterocycles. The predicted molar refractivity (Wildman–Crippen MR) is 73.3 cm³/mol. The van der Waals surface area contributed by atoms with Crippen molar-refractivity contribution in [2.75, 3.05) is 26.7 Å². The van der Waals surface area contributed by atoms with Crippen molar-refractivity contribution in [3.05, 3.63) is 29.8 Å². The molecule has 0 radical (unpaired) electrons. The lowest BCUT2D eigenvalue weighted by Crippen LogP contribution is -2.39. The molecule has 0 saturated heterocycles. The summed E-state index contributed by atoms with van der Waals surface area (Å²) in [6.07, 6.45) is 0. The van der Waals surface area contributed by atoms with Gasteiger partial charge in [-0.25, -0.2) is 0 Å². The molecule has 0 fully saturated rings. The second kappa shape index (κ2) is 7.41. The number of benzene rings is 1. The van der Waals surface area contributed by atoms with Gasteiger partial charge in [-0.15, -0.1) is 0 Å². The number of carbonyl (C=O) groups is 2. The van der Waals surface area contributed by atoms with Crippen LogP contribution < -0.4 is 10.1 Å². The van der Waals surface area contributed by atoms with Crippen molar-refractivity contribution in [3.63, 3.8) is 0 Å². The molecule has 0 heterocycles. The molecule has 19 heavy (non-hydrogen) atoms. The van der Waals surface area contributed by atoms with E-state index >= 15 is 0 Å². The third-order valence-corrected chi connectivity index (χ3v) is 2.87. The van der Waals surface area contributed by atoms with Gasteiger partial charge in [-0.3, -0.25) is 9.59 Å². The third kappa shape index (κ3) is 4.28. The quantitative estimate of drug-likeness (QED) is 0.842. The van der Waals surface area contributed by atoms with Gasteiger partial charge in [0.25, 0.3) is 5.91 Å². The van der Waals surface area contributed by atoms with Gasteiger partial charge in [-0.1, -0.05) is 0 Å². The highest BCUT2D eigenvalue weighted by molar-refractivity contribution is 5.96. The average molecular weight is 264 g/mol. The van der Waals surface area contributed by atoms with E-state index in [1.165, 1.54) is 0 Å². The predicted octanol–water partition coefficient (Wildman–Crippen LogP) is 1.29. The molecule has 2 amide bonds. The zero-order chi connectivity index (χ0) is 14.3. The molecule has 0 aliphatic rings. The van der Waals surface area contributed by atoms with Gasteiger partial charge >= 0.3 is 0 Å². The Morgan fingerprint density at radius 2 is 1.74 bits per heavy atom. The molecule has 0 spiro atoms. The van der Waals surface area contributed by atoms with Crippen molar-refractivity contribution in [2.24, 2.45) is 0 Å². The maximum Gasteiger partial charge on any atom is 0.251 e. The molecule has 1 rings (SSSR count). The molecule has 5 heteroatoms. The lowest BCUT2D eigenvalue weighted by molar-refractivity contribution is -0.129. The number of nitrogens with zero attached hydrogens (tertiary/aromatic N) is 1. The minimum Gasteiger partial charge on any atom is -0.497 e. The maximum atomic E-state index is 11.8. The monoisotopic (exact) mass is 264 g/mol. The van der Waals surface area contributed by atoms with Gasteiger partial charge in [0.2, 0.25) is 5.91 Å². The summed E-state index contributed by atoms with van der Waals surface area (Å²) in [5.41, 5.74) is 0.508. The number of amides is 2. The standard InChI is InChI=1S/C14H20N2O3/c1-4-16(5-2)13(17)10-15-14(18)11-6-8-12(19-3)9-7-11/h6-9H,4-5,10H2,1-3H3,(H,15,18). The van der Waals surface area contributed by atoms with Crippen molar-refractivity contribution in [1.29, 1.82) is 0 Å². The highest BCUT2D eigenvalue weighted by atomic mass is 16.5.